The van der Waals surface area contributed by atoms with Crippen molar-refractivity contribution >= 4 is 5.91 Å². The van der Waals surface area contributed by atoms with Crippen molar-refractivity contribution in [1.82, 2.24) is 5.32 Å². The Morgan fingerprint density at radius 3 is 2.52 bits per heavy atom. The van der Waals surface area contributed by atoms with E-state index in [-0.39, 0.29) is 0 Å². The van der Waals surface area contributed by atoms with Crippen LogP contribution in [-0.4, -0.2) is 19.6 Å². The molecule has 2 aromatic carbocycles. The third-order valence-corrected chi connectivity index (χ3v) is 3.46. The Morgan fingerprint density at radius 2 is 1.91 bits per heavy atom. The van der Waals surface area contributed by atoms with Crippen molar-refractivity contribution in [2.75, 3.05) is 13.7 Å². The van der Waals surface area contributed by atoms with Crippen molar-refractivity contribution in [2.24, 2.45) is 5.73 Å². The summed E-state index contributed by atoms with van der Waals surface area (Å²) in [5.41, 5.74) is 7.33. The van der Waals surface area contributed by atoms with E-state index >= 15 is 0 Å². The van der Waals surface area contributed by atoms with E-state index in [4.69, 9.17) is 15.2 Å². The maximum atomic E-state index is 11.7. The molecule has 3 N–H and O–H groups in total. The van der Waals surface area contributed by atoms with Gasteiger partial charge in [-0.2, -0.15) is 0 Å². The highest BCUT2D eigenvalue weighted by molar-refractivity contribution is 5.81. The van der Waals surface area contributed by atoms with Gasteiger partial charge in [-0.05, 0) is 30.2 Å². The smallest absolute Gasteiger partial charge is 0.239 e. The van der Waals surface area contributed by atoms with Gasteiger partial charge in [0.1, 0.15) is 6.04 Å². The average Bonchev–Trinajstić information content (AvgIpc) is 2.57. The molecule has 2 rings (SSSR count). The van der Waals surface area contributed by atoms with E-state index in [1.54, 1.807) is 7.11 Å². The molecule has 0 spiro atoms. The molecule has 5 heteroatoms. The lowest BCUT2D eigenvalue weighted by atomic mass is 10.1. The van der Waals surface area contributed by atoms with Crippen molar-refractivity contribution in [3.8, 4) is 11.5 Å². The number of benzene rings is 2. The first kappa shape index (κ1) is 16.8. The summed E-state index contributed by atoms with van der Waals surface area (Å²) in [5.74, 6) is 0.962. The Morgan fingerprint density at radius 1 is 1.17 bits per heavy atom. The minimum atomic E-state index is -0.534. The predicted octanol–water partition coefficient (Wildman–Crippen LogP) is 2.41. The molecule has 0 aliphatic rings. The SMILES string of the molecule is CCOc1ccc(CNC(C(N)=O)c2ccccc2)cc1OC. The predicted molar refractivity (Wildman–Crippen MR) is 89.4 cm³/mol. The van der Waals surface area contributed by atoms with Gasteiger partial charge in [-0.15, -0.1) is 0 Å². The minimum Gasteiger partial charge on any atom is -0.493 e. The van der Waals surface area contributed by atoms with Gasteiger partial charge < -0.3 is 15.2 Å². The van der Waals surface area contributed by atoms with E-state index in [9.17, 15) is 4.79 Å². The fourth-order valence-corrected chi connectivity index (χ4v) is 2.34. The summed E-state index contributed by atoms with van der Waals surface area (Å²) in [6.07, 6.45) is 0. The molecule has 1 unspecified atom stereocenters. The first-order valence-electron chi connectivity index (χ1n) is 7.53. The maximum absolute atomic E-state index is 11.7. The lowest BCUT2D eigenvalue weighted by Crippen LogP contribution is -2.33. The molecular formula is C18H22N2O3. The molecule has 0 heterocycles. The molecule has 0 saturated carbocycles. The van der Waals surface area contributed by atoms with Crippen LogP contribution < -0.4 is 20.5 Å². The monoisotopic (exact) mass is 314 g/mol. The highest BCUT2D eigenvalue weighted by Crippen LogP contribution is 2.28. The summed E-state index contributed by atoms with van der Waals surface area (Å²) < 4.78 is 10.8. The molecule has 5 nitrogen and oxygen atoms in total. The number of nitrogens with two attached hydrogens (primary N) is 1. The lowest BCUT2D eigenvalue weighted by Gasteiger charge is -2.17. The number of hydrogen-bond acceptors (Lipinski definition) is 4. The van der Waals surface area contributed by atoms with Gasteiger partial charge in [0.05, 0.1) is 13.7 Å². The number of rotatable bonds is 8. The van der Waals surface area contributed by atoms with E-state index in [1.807, 2.05) is 55.5 Å². The number of carbonyl (C=O) groups is 1. The Balaban J connectivity index is 2.10. The van der Waals surface area contributed by atoms with Crippen LogP contribution in [0.1, 0.15) is 24.1 Å². The number of nitrogens with one attached hydrogen (secondary N) is 1. The molecule has 0 fully saturated rings. The number of primary amides is 1. The average molecular weight is 314 g/mol. The molecule has 0 radical (unpaired) electrons. The second kappa shape index (κ2) is 8.19. The summed E-state index contributed by atoms with van der Waals surface area (Å²) in [6, 6.07) is 14.6. The topological polar surface area (TPSA) is 73.6 Å². The lowest BCUT2D eigenvalue weighted by molar-refractivity contribution is -0.120. The van der Waals surface area contributed by atoms with E-state index in [0.717, 1.165) is 11.1 Å². The van der Waals surface area contributed by atoms with Crippen molar-refractivity contribution in [3.63, 3.8) is 0 Å². The zero-order valence-electron chi connectivity index (χ0n) is 13.4. The van der Waals surface area contributed by atoms with Gasteiger partial charge in [0.2, 0.25) is 5.91 Å². The summed E-state index contributed by atoms with van der Waals surface area (Å²) in [4.78, 5) is 11.7. The molecular weight excluding hydrogens is 292 g/mol. The van der Waals surface area contributed by atoms with Crippen LogP contribution in [-0.2, 0) is 11.3 Å². The number of hydrogen-bond donors (Lipinski definition) is 2. The van der Waals surface area contributed by atoms with Gasteiger partial charge in [-0.3, -0.25) is 10.1 Å². The molecule has 1 atom stereocenters. The third kappa shape index (κ3) is 4.47. The standard InChI is InChI=1S/C18H22N2O3/c1-3-23-15-10-9-13(11-16(15)22-2)12-20-17(18(19)21)14-7-5-4-6-8-14/h4-11,17,20H,3,12H2,1-2H3,(H2,19,21). The Kier molecular flexibility index (Phi) is 6.00. The first-order chi connectivity index (χ1) is 11.2. The number of ether oxygens (including phenoxy) is 2. The van der Waals surface area contributed by atoms with E-state index in [0.29, 0.717) is 24.7 Å². The molecule has 0 aliphatic heterocycles. The normalized spacial score (nSPS) is 11.7. The van der Waals surface area contributed by atoms with Gasteiger partial charge in [0.25, 0.3) is 0 Å². The largest absolute Gasteiger partial charge is 0.493 e. The van der Waals surface area contributed by atoms with Gasteiger partial charge in [0, 0.05) is 6.54 Å². The van der Waals surface area contributed by atoms with Crippen LogP contribution in [0.25, 0.3) is 0 Å². The van der Waals surface area contributed by atoms with E-state index in [2.05, 4.69) is 5.32 Å². The fraction of sp³-hybridized carbons (Fsp3) is 0.278. The van der Waals surface area contributed by atoms with Crippen molar-refractivity contribution < 1.29 is 14.3 Å². The molecule has 1 amide bonds. The Bertz CT molecular complexity index is 644. The van der Waals surface area contributed by atoms with Crippen LogP contribution in [0.3, 0.4) is 0 Å². The fourth-order valence-electron chi connectivity index (χ4n) is 2.34. The summed E-state index contributed by atoms with van der Waals surface area (Å²) in [6.45, 7) is 2.99. The van der Waals surface area contributed by atoms with Crippen molar-refractivity contribution in [2.45, 2.75) is 19.5 Å². The Labute approximate surface area is 136 Å². The van der Waals surface area contributed by atoms with Crippen LogP contribution in [0, 0.1) is 0 Å². The summed E-state index contributed by atoms with van der Waals surface area (Å²) in [7, 11) is 1.60. The van der Waals surface area contributed by atoms with Crippen LogP contribution in [0.2, 0.25) is 0 Å². The Hall–Kier alpha value is -2.53. The van der Waals surface area contributed by atoms with Crippen LogP contribution in [0.4, 0.5) is 0 Å². The molecule has 0 aliphatic carbocycles. The van der Waals surface area contributed by atoms with E-state index in [1.165, 1.54) is 0 Å². The van der Waals surface area contributed by atoms with Gasteiger partial charge in [0.15, 0.2) is 11.5 Å². The third-order valence-electron chi connectivity index (χ3n) is 3.46. The summed E-state index contributed by atoms with van der Waals surface area (Å²) in [5, 5.41) is 3.18. The molecule has 0 aromatic heterocycles. The number of carbonyl (C=O) groups excluding carboxylic acids is 1. The molecule has 2 aromatic rings. The first-order valence-corrected chi connectivity index (χ1v) is 7.53. The van der Waals surface area contributed by atoms with Crippen molar-refractivity contribution in [3.05, 3.63) is 59.7 Å². The highest BCUT2D eigenvalue weighted by Gasteiger charge is 2.17. The molecule has 122 valence electrons. The second-order valence-electron chi connectivity index (χ2n) is 5.05. The number of amides is 1. The second-order valence-corrected chi connectivity index (χ2v) is 5.05. The molecule has 23 heavy (non-hydrogen) atoms. The van der Waals surface area contributed by atoms with Gasteiger partial charge in [-0.25, -0.2) is 0 Å². The van der Waals surface area contributed by atoms with Crippen LogP contribution in [0.15, 0.2) is 48.5 Å². The summed E-state index contributed by atoms with van der Waals surface area (Å²) >= 11 is 0. The van der Waals surface area contributed by atoms with E-state index < -0.39 is 11.9 Å². The zero-order valence-corrected chi connectivity index (χ0v) is 13.4. The zero-order chi connectivity index (χ0) is 16.7. The quantitative estimate of drug-likeness (QED) is 0.785. The maximum Gasteiger partial charge on any atom is 0.239 e. The molecule has 0 bridgehead atoms. The number of methoxy groups -OCH3 is 1. The van der Waals surface area contributed by atoms with Crippen molar-refractivity contribution in [1.29, 1.82) is 0 Å². The van der Waals surface area contributed by atoms with Crippen LogP contribution >= 0.6 is 0 Å². The molecule has 0 saturated heterocycles. The van der Waals surface area contributed by atoms with Gasteiger partial charge in [-0.1, -0.05) is 36.4 Å². The van der Waals surface area contributed by atoms with Gasteiger partial charge >= 0.3 is 0 Å². The minimum absolute atomic E-state index is 0.408. The van der Waals surface area contributed by atoms with Crippen LogP contribution in [0.5, 0.6) is 11.5 Å². The highest BCUT2D eigenvalue weighted by atomic mass is 16.5.